The largest absolute Gasteiger partial charge is 0.444 e. The van der Waals surface area contributed by atoms with Gasteiger partial charge >= 0.3 is 6.09 Å². The van der Waals surface area contributed by atoms with Crippen LogP contribution in [0.15, 0.2) is 0 Å². The van der Waals surface area contributed by atoms with E-state index in [2.05, 4.69) is 5.32 Å². The second kappa shape index (κ2) is 7.61. The molecule has 0 aromatic rings. The van der Waals surface area contributed by atoms with E-state index in [0.29, 0.717) is 19.6 Å². The number of carbonyl (C=O) groups is 1. The molecule has 1 atom stereocenters. The highest BCUT2D eigenvalue weighted by atomic mass is 32.2. The van der Waals surface area contributed by atoms with E-state index in [1.54, 1.807) is 4.90 Å². The van der Waals surface area contributed by atoms with Crippen LogP contribution in [0.25, 0.3) is 0 Å². The zero-order valence-corrected chi connectivity index (χ0v) is 15.1. The Morgan fingerprint density at radius 3 is 2.55 bits per heavy atom. The predicted molar refractivity (Wildman–Crippen MR) is 86.3 cm³/mol. The number of nitrogens with one attached hydrogen (secondary N) is 1. The van der Waals surface area contributed by atoms with Crippen LogP contribution in [0.4, 0.5) is 4.79 Å². The van der Waals surface area contributed by atoms with Crippen LogP contribution in [0.2, 0.25) is 0 Å². The summed E-state index contributed by atoms with van der Waals surface area (Å²) in [6.45, 7) is 7.19. The quantitative estimate of drug-likeness (QED) is 0.729. The van der Waals surface area contributed by atoms with Gasteiger partial charge in [0.05, 0.1) is 5.75 Å². The molecule has 7 nitrogen and oxygen atoms in total. The Hall–Kier alpha value is -0.860. The lowest BCUT2D eigenvalue weighted by Crippen LogP contribution is -2.45. The number of nitrogens with zero attached hydrogens (tertiary/aromatic N) is 2. The van der Waals surface area contributed by atoms with E-state index in [1.165, 1.54) is 18.4 Å². The standard InChI is InChI=1S/C14H29N3O4S/c1-14(2,3)21-13(18)17-9-6-7-12(17)11-15-8-10-22(19,20)16(4)5/h12,15H,6-11H2,1-5H3. The fraction of sp³-hybridized carbons (Fsp3) is 0.929. The normalized spacial score (nSPS) is 19.7. The van der Waals surface area contributed by atoms with Gasteiger partial charge in [-0.15, -0.1) is 0 Å². The number of ether oxygens (including phenoxy) is 1. The smallest absolute Gasteiger partial charge is 0.410 e. The van der Waals surface area contributed by atoms with Crippen molar-refractivity contribution in [2.24, 2.45) is 0 Å². The lowest BCUT2D eigenvalue weighted by Gasteiger charge is -2.28. The lowest BCUT2D eigenvalue weighted by molar-refractivity contribution is 0.0227. The Morgan fingerprint density at radius 1 is 1.36 bits per heavy atom. The summed E-state index contributed by atoms with van der Waals surface area (Å²) in [6, 6.07) is 0.0666. The summed E-state index contributed by atoms with van der Waals surface area (Å²) in [5.74, 6) is 0.0547. The lowest BCUT2D eigenvalue weighted by atomic mass is 10.2. The fourth-order valence-corrected chi connectivity index (χ4v) is 3.03. The van der Waals surface area contributed by atoms with Gasteiger partial charge in [-0.3, -0.25) is 0 Å². The van der Waals surface area contributed by atoms with Crippen molar-refractivity contribution >= 4 is 16.1 Å². The number of carbonyl (C=O) groups excluding carboxylic acids is 1. The van der Waals surface area contributed by atoms with Crippen LogP contribution in [0, 0.1) is 0 Å². The van der Waals surface area contributed by atoms with E-state index in [0.717, 1.165) is 12.8 Å². The third kappa shape index (κ3) is 6.10. The Bertz CT molecular complexity index is 471. The number of likely N-dealkylation sites (tertiary alicyclic amines) is 1. The molecule has 0 aliphatic carbocycles. The second-order valence-electron chi connectivity index (χ2n) is 6.77. The first-order valence-electron chi connectivity index (χ1n) is 7.63. The maximum atomic E-state index is 12.1. The van der Waals surface area contributed by atoms with Crippen LogP contribution in [0.3, 0.4) is 0 Å². The maximum absolute atomic E-state index is 12.1. The van der Waals surface area contributed by atoms with Gasteiger partial charge in [0.2, 0.25) is 10.0 Å². The third-order valence-electron chi connectivity index (χ3n) is 3.48. The average molecular weight is 335 g/mol. The molecule has 1 heterocycles. The van der Waals surface area contributed by atoms with Crippen molar-refractivity contribution in [1.29, 1.82) is 0 Å². The molecule has 8 heteroatoms. The highest BCUT2D eigenvalue weighted by Crippen LogP contribution is 2.20. The second-order valence-corrected chi connectivity index (χ2v) is 9.07. The summed E-state index contributed by atoms with van der Waals surface area (Å²) in [5.41, 5.74) is -0.503. The van der Waals surface area contributed by atoms with E-state index in [-0.39, 0.29) is 17.9 Å². The summed E-state index contributed by atoms with van der Waals surface area (Å²) < 4.78 is 29.9. The monoisotopic (exact) mass is 335 g/mol. The Balaban J connectivity index is 2.40. The summed E-state index contributed by atoms with van der Waals surface area (Å²) in [7, 11) is -0.134. The van der Waals surface area contributed by atoms with Crippen LogP contribution in [-0.4, -0.2) is 74.8 Å². The molecular weight excluding hydrogens is 306 g/mol. The molecule has 1 N–H and O–H groups in total. The third-order valence-corrected chi connectivity index (χ3v) is 5.31. The molecule has 130 valence electrons. The van der Waals surface area contributed by atoms with Crippen LogP contribution in [0.1, 0.15) is 33.6 Å². The van der Waals surface area contributed by atoms with Crippen LogP contribution in [-0.2, 0) is 14.8 Å². The van der Waals surface area contributed by atoms with Gasteiger partial charge < -0.3 is 15.0 Å². The van der Waals surface area contributed by atoms with E-state index in [4.69, 9.17) is 4.74 Å². The summed E-state index contributed by atoms with van der Waals surface area (Å²) >= 11 is 0. The molecule has 0 aromatic heterocycles. The minimum atomic E-state index is -3.18. The van der Waals surface area contributed by atoms with Gasteiger partial charge in [0, 0.05) is 39.8 Å². The zero-order valence-electron chi connectivity index (χ0n) is 14.3. The molecule has 1 amide bonds. The van der Waals surface area contributed by atoms with Crippen LogP contribution in [0.5, 0.6) is 0 Å². The SMILES string of the molecule is CN(C)S(=O)(=O)CCNCC1CCCN1C(=O)OC(C)(C)C. The van der Waals surface area contributed by atoms with Gasteiger partial charge in [0.1, 0.15) is 5.60 Å². The van der Waals surface area contributed by atoms with E-state index in [1.807, 2.05) is 20.8 Å². The molecule has 1 saturated heterocycles. The minimum Gasteiger partial charge on any atom is -0.444 e. The molecule has 1 unspecified atom stereocenters. The van der Waals surface area contributed by atoms with Gasteiger partial charge in [0.25, 0.3) is 0 Å². The first-order chi connectivity index (χ1) is 10.0. The van der Waals surface area contributed by atoms with Gasteiger partial charge in [-0.2, -0.15) is 0 Å². The first-order valence-corrected chi connectivity index (χ1v) is 9.24. The van der Waals surface area contributed by atoms with Crippen LogP contribution < -0.4 is 5.32 Å². The maximum Gasteiger partial charge on any atom is 0.410 e. The van der Waals surface area contributed by atoms with Gasteiger partial charge in [-0.05, 0) is 33.6 Å². The number of rotatable bonds is 6. The van der Waals surface area contributed by atoms with Gasteiger partial charge in [0.15, 0.2) is 0 Å². The molecule has 0 spiro atoms. The van der Waals surface area contributed by atoms with Gasteiger partial charge in [-0.25, -0.2) is 17.5 Å². The molecule has 1 aliphatic rings. The van der Waals surface area contributed by atoms with E-state index < -0.39 is 15.6 Å². The molecular formula is C14H29N3O4S. The van der Waals surface area contributed by atoms with Crippen molar-refractivity contribution in [3.63, 3.8) is 0 Å². The van der Waals surface area contributed by atoms with Crippen molar-refractivity contribution in [2.45, 2.75) is 45.3 Å². The number of hydrogen-bond donors (Lipinski definition) is 1. The van der Waals surface area contributed by atoms with Crippen LogP contribution >= 0.6 is 0 Å². The summed E-state index contributed by atoms with van der Waals surface area (Å²) in [4.78, 5) is 13.9. The number of amides is 1. The highest BCUT2D eigenvalue weighted by Gasteiger charge is 2.31. The highest BCUT2D eigenvalue weighted by molar-refractivity contribution is 7.89. The predicted octanol–water partition coefficient (Wildman–Crippen LogP) is 0.867. The molecule has 1 rings (SSSR count). The fourth-order valence-electron chi connectivity index (χ4n) is 2.26. The molecule has 0 bridgehead atoms. The Kier molecular flexibility index (Phi) is 6.64. The molecule has 22 heavy (non-hydrogen) atoms. The molecule has 0 saturated carbocycles. The summed E-state index contributed by atoms with van der Waals surface area (Å²) in [5, 5.41) is 3.13. The van der Waals surface area contributed by atoms with Gasteiger partial charge in [-0.1, -0.05) is 0 Å². The molecule has 0 radical (unpaired) electrons. The van der Waals surface area contributed by atoms with E-state index >= 15 is 0 Å². The zero-order chi connectivity index (χ0) is 17.0. The number of hydrogen-bond acceptors (Lipinski definition) is 5. The summed E-state index contributed by atoms with van der Waals surface area (Å²) in [6.07, 6.45) is 1.56. The topological polar surface area (TPSA) is 79.0 Å². The first kappa shape index (κ1) is 19.2. The Labute approximate surface area is 134 Å². The van der Waals surface area contributed by atoms with Crippen molar-refractivity contribution in [2.75, 3.05) is 39.5 Å². The molecule has 0 aromatic carbocycles. The average Bonchev–Trinajstić information content (AvgIpc) is 2.80. The minimum absolute atomic E-state index is 0.0547. The molecule has 1 aliphatic heterocycles. The van der Waals surface area contributed by atoms with Crippen molar-refractivity contribution in [3.8, 4) is 0 Å². The van der Waals surface area contributed by atoms with E-state index in [9.17, 15) is 13.2 Å². The molecule has 1 fully saturated rings. The van der Waals surface area contributed by atoms with Crippen molar-refractivity contribution in [3.05, 3.63) is 0 Å². The van der Waals surface area contributed by atoms with Crippen molar-refractivity contribution in [1.82, 2.24) is 14.5 Å². The Morgan fingerprint density at radius 2 is 2.00 bits per heavy atom. The number of sulfonamides is 1. The van der Waals surface area contributed by atoms with Crippen molar-refractivity contribution < 1.29 is 17.9 Å².